The maximum Gasteiger partial charge on any atom is 0.326 e. The zero-order chi connectivity index (χ0) is 23.6. The number of nitrogens with zero attached hydrogens (tertiary/aromatic N) is 1. The first-order valence-corrected chi connectivity index (χ1v) is 9.57. The number of nitrogens with two attached hydrogens (primary N) is 1. The molecule has 172 valence electrons. The van der Waals surface area contributed by atoms with Gasteiger partial charge in [-0.05, 0) is 12.3 Å². The Morgan fingerprint density at radius 1 is 1.06 bits per heavy atom. The Balaban J connectivity index is 2.92. The smallest absolute Gasteiger partial charge is 0.326 e. The van der Waals surface area contributed by atoms with Crippen LogP contribution in [0.2, 0.25) is 0 Å². The van der Waals surface area contributed by atoms with Crippen molar-refractivity contribution in [3.05, 3.63) is 18.2 Å². The van der Waals surface area contributed by atoms with E-state index in [1.54, 1.807) is 13.8 Å². The molecule has 3 unspecified atom stereocenters. The Hall–Kier alpha value is -3.48. The number of carboxylic acids is 2. The largest absolute Gasteiger partial charge is 0.481 e. The van der Waals surface area contributed by atoms with Crippen LogP contribution in [0.5, 0.6) is 0 Å². The van der Waals surface area contributed by atoms with Gasteiger partial charge in [0, 0.05) is 24.7 Å². The molecule has 3 amide bonds. The molecule has 1 rings (SSSR count). The number of aromatic nitrogens is 2. The fourth-order valence-electron chi connectivity index (χ4n) is 2.65. The van der Waals surface area contributed by atoms with Crippen molar-refractivity contribution in [2.45, 2.75) is 51.2 Å². The maximum atomic E-state index is 12.8. The SMILES string of the molecule is CC(C)C(NC(=O)C(Cc1cnc[nH]1)NC(=O)CN)C(=O)NC(CCC(=O)O)C(=O)O. The Labute approximate surface area is 178 Å². The van der Waals surface area contributed by atoms with E-state index in [0.29, 0.717) is 5.69 Å². The standard InChI is InChI=1S/C18H28N6O7/c1-9(2)15(17(29)23-11(18(30)31)3-4-14(26)27)24-16(28)12(22-13(25)6-19)5-10-7-20-8-21-10/h7-9,11-12,15H,3-6,19H2,1-2H3,(H,20,21)(H,22,25)(H,23,29)(H,24,28)(H,26,27)(H,30,31). The number of aromatic amines is 1. The average Bonchev–Trinajstić information content (AvgIpc) is 3.20. The van der Waals surface area contributed by atoms with Gasteiger partial charge in [0.05, 0.1) is 12.9 Å². The van der Waals surface area contributed by atoms with Crippen molar-refractivity contribution in [1.82, 2.24) is 25.9 Å². The van der Waals surface area contributed by atoms with Crippen molar-refractivity contribution < 1.29 is 34.2 Å². The van der Waals surface area contributed by atoms with Crippen LogP contribution in [0.15, 0.2) is 12.5 Å². The number of H-pyrrole nitrogens is 1. The third-order valence-corrected chi connectivity index (χ3v) is 4.32. The number of carbonyl (C=O) groups excluding carboxylic acids is 3. The molecule has 13 heteroatoms. The fourth-order valence-corrected chi connectivity index (χ4v) is 2.65. The van der Waals surface area contributed by atoms with Gasteiger partial charge < -0.3 is 36.9 Å². The first-order chi connectivity index (χ1) is 14.5. The minimum absolute atomic E-state index is 0.0559. The molecule has 3 atom stereocenters. The van der Waals surface area contributed by atoms with E-state index in [1.807, 2.05) is 0 Å². The number of imidazole rings is 1. The van der Waals surface area contributed by atoms with E-state index in [9.17, 15) is 29.1 Å². The molecule has 0 aliphatic carbocycles. The van der Waals surface area contributed by atoms with Crippen LogP contribution in [0.3, 0.4) is 0 Å². The molecule has 0 saturated heterocycles. The molecule has 0 aromatic carbocycles. The summed E-state index contributed by atoms with van der Waals surface area (Å²) in [5, 5.41) is 25.2. The highest BCUT2D eigenvalue weighted by Gasteiger charge is 2.31. The minimum atomic E-state index is -1.43. The average molecular weight is 440 g/mol. The molecule has 0 spiro atoms. The molecule has 0 bridgehead atoms. The summed E-state index contributed by atoms with van der Waals surface area (Å²) in [6, 6.07) is -3.62. The van der Waals surface area contributed by atoms with Crippen molar-refractivity contribution in [2.24, 2.45) is 11.7 Å². The predicted molar refractivity (Wildman–Crippen MR) is 106 cm³/mol. The third kappa shape index (κ3) is 8.82. The first kappa shape index (κ1) is 25.6. The lowest BCUT2D eigenvalue weighted by atomic mass is 10.0. The van der Waals surface area contributed by atoms with Crippen LogP contribution in [0.4, 0.5) is 0 Å². The predicted octanol–water partition coefficient (Wildman–Crippen LogP) is -2.03. The molecule has 0 fully saturated rings. The van der Waals surface area contributed by atoms with Gasteiger partial charge in [-0.3, -0.25) is 19.2 Å². The van der Waals surface area contributed by atoms with Crippen LogP contribution in [-0.4, -0.2) is 74.5 Å². The quantitative estimate of drug-likeness (QED) is 0.180. The Morgan fingerprint density at radius 2 is 1.74 bits per heavy atom. The fraction of sp³-hybridized carbons (Fsp3) is 0.556. The number of carboxylic acid groups (broad SMARTS) is 2. The van der Waals surface area contributed by atoms with Gasteiger partial charge >= 0.3 is 11.9 Å². The van der Waals surface area contributed by atoms with E-state index in [-0.39, 0.29) is 19.4 Å². The number of aliphatic carboxylic acids is 2. The lowest BCUT2D eigenvalue weighted by Crippen LogP contribution is -2.58. The van der Waals surface area contributed by atoms with Crippen molar-refractivity contribution in [1.29, 1.82) is 0 Å². The summed E-state index contributed by atoms with van der Waals surface area (Å²) in [5.41, 5.74) is 5.86. The molecule has 1 heterocycles. The summed E-state index contributed by atoms with van der Waals surface area (Å²) in [4.78, 5) is 65.9. The van der Waals surface area contributed by atoms with E-state index in [1.165, 1.54) is 12.5 Å². The van der Waals surface area contributed by atoms with Gasteiger partial charge in [-0.1, -0.05) is 13.8 Å². The number of amides is 3. The van der Waals surface area contributed by atoms with Gasteiger partial charge in [-0.2, -0.15) is 0 Å². The second-order valence-corrected chi connectivity index (χ2v) is 7.17. The molecular weight excluding hydrogens is 412 g/mol. The van der Waals surface area contributed by atoms with Gasteiger partial charge in [0.1, 0.15) is 18.1 Å². The Morgan fingerprint density at radius 3 is 2.23 bits per heavy atom. The molecular formula is C18H28N6O7. The molecule has 8 N–H and O–H groups in total. The van der Waals surface area contributed by atoms with E-state index < -0.39 is 60.1 Å². The summed E-state index contributed by atoms with van der Waals surface area (Å²) in [5.74, 6) is -5.07. The number of carbonyl (C=O) groups is 5. The monoisotopic (exact) mass is 440 g/mol. The van der Waals surface area contributed by atoms with Crippen molar-refractivity contribution in [3.63, 3.8) is 0 Å². The van der Waals surface area contributed by atoms with Gasteiger partial charge in [-0.15, -0.1) is 0 Å². The highest BCUT2D eigenvalue weighted by atomic mass is 16.4. The molecule has 0 aliphatic rings. The highest BCUT2D eigenvalue weighted by molar-refractivity contribution is 5.93. The summed E-state index contributed by atoms with van der Waals surface area (Å²) in [6.07, 6.45) is 2.17. The molecule has 0 radical (unpaired) electrons. The first-order valence-electron chi connectivity index (χ1n) is 9.57. The van der Waals surface area contributed by atoms with E-state index in [4.69, 9.17) is 10.8 Å². The summed E-state index contributed by atoms with van der Waals surface area (Å²) in [6.45, 7) is 2.94. The number of hydrogen-bond acceptors (Lipinski definition) is 7. The molecule has 0 aliphatic heterocycles. The zero-order valence-electron chi connectivity index (χ0n) is 17.3. The van der Waals surface area contributed by atoms with Gasteiger partial charge in [0.2, 0.25) is 17.7 Å². The van der Waals surface area contributed by atoms with Crippen LogP contribution in [0, 0.1) is 5.92 Å². The van der Waals surface area contributed by atoms with Gasteiger partial charge in [-0.25, -0.2) is 9.78 Å². The van der Waals surface area contributed by atoms with Crippen LogP contribution in [0.1, 0.15) is 32.4 Å². The van der Waals surface area contributed by atoms with E-state index in [0.717, 1.165) is 0 Å². The lowest BCUT2D eigenvalue weighted by Gasteiger charge is -2.26. The van der Waals surface area contributed by atoms with Crippen molar-refractivity contribution in [3.8, 4) is 0 Å². The highest BCUT2D eigenvalue weighted by Crippen LogP contribution is 2.07. The number of hydrogen-bond donors (Lipinski definition) is 7. The third-order valence-electron chi connectivity index (χ3n) is 4.32. The van der Waals surface area contributed by atoms with E-state index >= 15 is 0 Å². The molecule has 0 saturated carbocycles. The summed E-state index contributed by atoms with van der Waals surface area (Å²) in [7, 11) is 0. The second kappa shape index (κ2) is 12.3. The molecule has 31 heavy (non-hydrogen) atoms. The second-order valence-electron chi connectivity index (χ2n) is 7.17. The zero-order valence-corrected chi connectivity index (χ0v) is 17.3. The van der Waals surface area contributed by atoms with Crippen molar-refractivity contribution in [2.75, 3.05) is 6.54 Å². The Bertz CT molecular complexity index is 780. The Kier molecular flexibility index (Phi) is 10.1. The van der Waals surface area contributed by atoms with Crippen molar-refractivity contribution >= 4 is 29.7 Å². The molecule has 1 aromatic heterocycles. The minimum Gasteiger partial charge on any atom is -0.481 e. The van der Waals surface area contributed by atoms with Crippen LogP contribution < -0.4 is 21.7 Å². The molecule has 13 nitrogen and oxygen atoms in total. The maximum absolute atomic E-state index is 12.8. The van der Waals surface area contributed by atoms with Crippen LogP contribution >= 0.6 is 0 Å². The van der Waals surface area contributed by atoms with Crippen LogP contribution in [-0.2, 0) is 30.4 Å². The number of rotatable bonds is 13. The van der Waals surface area contributed by atoms with Crippen LogP contribution in [0.25, 0.3) is 0 Å². The summed E-state index contributed by atoms with van der Waals surface area (Å²) >= 11 is 0. The van der Waals surface area contributed by atoms with Gasteiger partial charge in [0.15, 0.2) is 0 Å². The molecule has 1 aromatic rings. The topological polar surface area (TPSA) is 217 Å². The normalized spacial score (nSPS) is 13.7. The van der Waals surface area contributed by atoms with Gasteiger partial charge in [0.25, 0.3) is 0 Å². The summed E-state index contributed by atoms with van der Waals surface area (Å²) < 4.78 is 0. The lowest BCUT2D eigenvalue weighted by molar-refractivity contribution is -0.143. The number of nitrogens with one attached hydrogen (secondary N) is 4. The van der Waals surface area contributed by atoms with E-state index in [2.05, 4.69) is 25.9 Å².